The number of hydrogen-bond acceptors (Lipinski definition) is 6. The smallest absolute Gasteiger partial charge is 0.263 e. The number of aliphatic hydroxyl groups is 1. The number of ether oxygens (including phenoxy) is 1. The van der Waals surface area contributed by atoms with Crippen molar-refractivity contribution in [2.75, 3.05) is 26.2 Å². The molecule has 3 heterocycles. The van der Waals surface area contributed by atoms with E-state index in [-0.39, 0.29) is 6.61 Å². The molecule has 0 spiro atoms. The largest absolute Gasteiger partial charge is 0.490 e. The van der Waals surface area contributed by atoms with E-state index in [1.165, 1.54) is 16.3 Å². The van der Waals surface area contributed by atoms with E-state index in [9.17, 15) is 5.11 Å². The molecule has 3 aromatic carbocycles. The molecule has 0 aliphatic carbocycles. The van der Waals surface area contributed by atoms with Crippen molar-refractivity contribution in [1.82, 2.24) is 9.88 Å². The monoisotopic (exact) mass is 482 g/mol. The maximum atomic E-state index is 10.7. The minimum Gasteiger partial charge on any atom is -0.490 e. The van der Waals surface area contributed by atoms with Gasteiger partial charge in [-0.15, -0.1) is 0 Å². The molecule has 0 unspecified atom stereocenters. The number of benzene rings is 3. The van der Waals surface area contributed by atoms with Crippen molar-refractivity contribution in [2.45, 2.75) is 31.8 Å². The number of aliphatic hydroxyl groups excluding tert-OH is 1. The van der Waals surface area contributed by atoms with Crippen molar-refractivity contribution in [3.05, 3.63) is 84.3 Å². The molecule has 36 heavy (non-hydrogen) atoms. The van der Waals surface area contributed by atoms with Crippen LogP contribution in [0.3, 0.4) is 0 Å². The highest BCUT2D eigenvalue weighted by atomic mass is 16.5. The zero-order valence-electron chi connectivity index (χ0n) is 20.4. The zero-order valence-corrected chi connectivity index (χ0v) is 20.4. The third kappa shape index (κ3) is 4.74. The number of likely N-dealkylation sites (tertiary alicyclic amines) is 1. The molecule has 0 bridgehead atoms. The Kier molecular flexibility index (Phi) is 6.21. The molecule has 5 aromatic rings. The van der Waals surface area contributed by atoms with Crippen LogP contribution in [0.2, 0.25) is 0 Å². The molecule has 1 aliphatic heterocycles. The van der Waals surface area contributed by atoms with E-state index in [4.69, 9.17) is 13.6 Å². The van der Waals surface area contributed by atoms with Gasteiger partial charge in [0.2, 0.25) is 0 Å². The molecule has 2 aromatic heterocycles. The van der Waals surface area contributed by atoms with Gasteiger partial charge in [0.1, 0.15) is 29.8 Å². The summed E-state index contributed by atoms with van der Waals surface area (Å²) in [6.45, 7) is 4.63. The molecule has 1 fully saturated rings. The van der Waals surface area contributed by atoms with Crippen LogP contribution in [-0.2, 0) is 0 Å². The van der Waals surface area contributed by atoms with Gasteiger partial charge in [0.25, 0.3) is 5.89 Å². The van der Waals surface area contributed by atoms with Crippen LogP contribution < -0.4 is 4.74 Å². The van der Waals surface area contributed by atoms with E-state index in [0.29, 0.717) is 35.4 Å². The molecule has 0 amide bonds. The molecule has 6 nitrogen and oxygen atoms in total. The highest BCUT2D eigenvalue weighted by molar-refractivity contribution is 5.87. The number of rotatable bonds is 7. The Balaban J connectivity index is 1.04. The van der Waals surface area contributed by atoms with Crippen LogP contribution in [0.4, 0.5) is 0 Å². The average Bonchev–Trinajstić information content (AvgIpc) is 3.54. The Bertz CT molecular complexity index is 1480. The summed E-state index contributed by atoms with van der Waals surface area (Å²) in [6, 6.07) is 22.9. The van der Waals surface area contributed by atoms with Crippen LogP contribution in [0.1, 0.15) is 30.1 Å². The van der Waals surface area contributed by atoms with Gasteiger partial charge in [-0.3, -0.25) is 0 Å². The Morgan fingerprint density at radius 2 is 1.83 bits per heavy atom. The molecule has 1 atom stereocenters. The molecular formula is C30H30N2O4. The molecule has 1 aliphatic rings. The first-order valence-electron chi connectivity index (χ1n) is 12.6. The highest BCUT2D eigenvalue weighted by Gasteiger charge is 2.23. The Labute approximate surface area is 210 Å². The second-order valence-electron chi connectivity index (χ2n) is 9.70. The number of hydrogen-bond donors (Lipinski definition) is 1. The van der Waals surface area contributed by atoms with E-state index in [0.717, 1.165) is 37.1 Å². The maximum Gasteiger partial charge on any atom is 0.263 e. The van der Waals surface area contributed by atoms with Gasteiger partial charge in [0.15, 0.2) is 5.76 Å². The number of nitrogens with zero attached hydrogens (tertiary/aromatic N) is 2. The minimum atomic E-state index is -0.571. The van der Waals surface area contributed by atoms with Crippen LogP contribution in [-0.4, -0.2) is 47.3 Å². The van der Waals surface area contributed by atoms with Crippen LogP contribution in [0.15, 0.2) is 81.8 Å². The normalized spacial score (nSPS) is 16.1. The molecule has 1 saturated heterocycles. The third-order valence-corrected chi connectivity index (χ3v) is 7.09. The summed E-state index contributed by atoms with van der Waals surface area (Å²) in [6.07, 6.45) is 3.30. The summed E-state index contributed by atoms with van der Waals surface area (Å²) in [4.78, 5) is 6.58. The summed E-state index contributed by atoms with van der Waals surface area (Å²) in [5.74, 6) is 2.98. The predicted octanol–water partition coefficient (Wildman–Crippen LogP) is 6.17. The lowest BCUT2D eigenvalue weighted by Crippen LogP contribution is -2.40. The summed E-state index contributed by atoms with van der Waals surface area (Å²) < 4.78 is 17.5. The van der Waals surface area contributed by atoms with Crippen molar-refractivity contribution in [3.63, 3.8) is 0 Å². The van der Waals surface area contributed by atoms with E-state index >= 15 is 0 Å². The van der Waals surface area contributed by atoms with Gasteiger partial charge in [-0.05, 0) is 67.2 Å². The number of β-amino-alcohol motifs (C(OH)–C–C–N with tert-alkyl or cyclic N) is 1. The fourth-order valence-corrected chi connectivity index (χ4v) is 5.18. The summed E-state index contributed by atoms with van der Waals surface area (Å²) >= 11 is 0. The lowest BCUT2D eigenvalue weighted by atomic mass is 9.88. The number of piperidine rings is 1. The Morgan fingerprint density at radius 3 is 2.64 bits per heavy atom. The van der Waals surface area contributed by atoms with Gasteiger partial charge >= 0.3 is 0 Å². The van der Waals surface area contributed by atoms with E-state index in [1.807, 2.05) is 31.2 Å². The SMILES string of the molecule is Cc1cnc(-c2cc3c(OC[C@H](O)CN4CCC(c5ccc6ccccc6c5)CC4)cccc3o2)o1. The molecular weight excluding hydrogens is 452 g/mol. The van der Waals surface area contributed by atoms with Crippen molar-refractivity contribution in [3.8, 4) is 17.4 Å². The average molecular weight is 483 g/mol. The summed E-state index contributed by atoms with van der Waals surface area (Å²) in [7, 11) is 0. The van der Waals surface area contributed by atoms with Crippen LogP contribution in [0.25, 0.3) is 33.4 Å². The zero-order chi connectivity index (χ0) is 24.5. The van der Waals surface area contributed by atoms with Gasteiger partial charge in [-0.25, -0.2) is 4.98 Å². The maximum absolute atomic E-state index is 10.7. The number of aryl methyl sites for hydroxylation is 1. The summed E-state index contributed by atoms with van der Waals surface area (Å²) in [5.41, 5.74) is 2.12. The Hall–Kier alpha value is -3.61. The standard InChI is InChI=1S/C30H30N2O4/c1-20-17-31-30(35-20)29-16-26-27(7-4-8-28(26)36-29)34-19-25(33)18-32-13-11-22(12-14-32)24-10-9-21-5-2-3-6-23(21)15-24/h2-10,15-17,22,25,33H,11-14,18-19H2,1H3/t25-/m1/s1. The van der Waals surface area contributed by atoms with Crippen molar-refractivity contribution in [2.24, 2.45) is 0 Å². The number of oxazole rings is 1. The fraction of sp³-hybridized carbons (Fsp3) is 0.300. The first-order valence-corrected chi connectivity index (χ1v) is 12.6. The second kappa shape index (κ2) is 9.80. The molecule has 0 saturated carbocycles. The Morgan fingerprint density at radius 1 is 1.00 bits per heavy atom. The van der Waals surface area contributed by atoms with Crippen LogP contribution >= 0.6 is 0 Å². The molecule has 6 heteroatoms. The van der Waals surface area contributed by atoms with E-state index in [1.54, 1.807) is 6.20 Å². The third-order valence-electron chi connectivity index (χ3n) is 7.09. The van der Waals surface area contributed by atoms with Gasteiger partial charge in [-0.2, -0.15) is 0 Å². The lowest BCUT2D eigenvalue weighted by molar-refractivity contribution is 0.0599. The fourth-order valence-electron chi connectivity index (χ4n) is 5.18. The summed E-state index contributed by atoms with van der Waals surface area (Å²) in [5, 5.41) is 14.1. The van der Waals surface area contributed by atoms with Crippen molar-refractivity contribution in [1.29, 1.82) is 0 Å². The van der Waals surface area contributed by atoms with Crippen LogP contribution in [0, 0.1) is 6.92 Å². The number of furan rings is 1. The quantitative estimate of drug-likeness (QED) is 0.299. The second-order valence-corrected chi connectivity index (χ2v) is 9.70. The molecule has 1 N–H and O–H groups in total. The molecule has 184 valence electrons. The van der Waals surface area contributed by atoms with Gasteiger partial charge in [0.05, 0.1) is 11.6 Å². The van der Waals surface area contributed by atoms with Gasteiger partial charge in [-0.1, -0.05) is 48.5 Å². The van der Waals surface area contributed by atoms with E-state index < -0.39 is 6.10 Å². The first-order chi connectivity index (χ1) is 17.6. The topological polar surface area (TPSA) is 71.9 Å². The lowest BCUT2D eigenvalue weighted by Gasteiger charge is -2.33. The van der Waals surface area contributed by atoms with Crippen molar-refractivity contribution >= 4 is 21.7 Å². The van der Waals surface area contributed by atoms with Gasteiger partial charge < -0.3 is 23.6 Å². The molecule has 6 rings (SSSR count). The van der Waals surface area contributed by atoms with Gasteiger partial charge in [0, 0.05) is 12.6 Å². The number of aromatic nitrogens is 1. The number of fused-ring (bicyclic) bond motifs is 2. The predicted molar refractivity (Wildman–Crippen MR) is 140 cm³/mol. The van der Waals surface area contributed by atoms with E-state index in [2.05, 4.69) is 52.3 Å². The van der Waals surface area contributed by atoms with Crippen LogP contribution in [0.5, 0.6) is 5.75 Å². The minimum absolute atomic E-state index is 0.225. The first kappa shape index (κ1) is 22.8. The highest BCUT2D eigenvalue weighted by Crippen LogP contribution is 2.34. The molecule has 0 radical (unpaired) electrons. The van der Waals surface area contributed by atoms with Crippen molar-refractivity contribution < 1.29 is 18.7 Å².